The third-order valence-electron chi connectivity index (χ3n) is 3.84. The molecule has 4 rings (SSSR count). The first kappa shape index (κ1) is 16.5. The molecule has 0 fully saturated rings. The molecule has 124 valence electrons. The monoisotopic (exact) mass is 431 g/mol. The first-order valence-electron chi connectivity index (χ1n) is 7.48. The molecule has 2 heterocycles. The maximum Gasteiger partial charge on any atom is 0.346 e. The van der Waals surface area contributed by atoms with Crippen LogP contribution in [0.1, 0.15) is 4.88 Å². The third kappa shape index (κ3) is 3.15. The summed E-state index contributed by atoms with van der Waals surface area (Å²) < 4.78 is 6.37. The lowest BCUT2D eigenvalue weighted by atomic mass is 10.1. The second-order valence-corrected chi connectivity index (χ2v) is 8.12. The van der Waals surface area contributed by atoms with E-state index < -0.39 is 0 Å². The van der Waals surface area contributed by atoms with Crippen LogP contribution in [0.15, 0.2) is 62.2 Å². The number of thiazole rings is 1. The Morgan fingerprint density at radius 3 is 2.64 bits per heavy atom. The number of rotatable bonds is 2. The van der Waals surface area contributed by atoms with Crippen molar-refractivity contribution >= 4 is 49.8 Å². The van der Waals surface area contributed by atoms with Crippen molar-refractivity contribution < 1.29 is 4.42 Å². The molecule has 0 unspecified atom stereocenters. The number of hydrogen-bond donors (Lipinski definition) is 0. The maximum atomic E-state index is 12.4. The minimum absolute atomic E-state index is 0.383. The van der Waals surface area contributed by atoms with Gasteiger partial charge in [-0.25, -0.2) is 9.78 Å². The molecular weight excluding hydrogens is 422 g/mol. The second kappa shape index (κ2) is 6.41. The molecule has 4 aromatic rings. The molecule has 0 saturated heterocycles. The number of fused-ring (bicyclic) bond motifs is 1. The van der Waals surface area contributed by atoms with Crippen LogP contribution in [0.4, 0.5) is 0 Å². The van der Waals surface area contributed by atoms with Gasteiger partial charge in [0.2, 0.25) is 0 Å². The SMILES string of the molecule is Cc1sc(-c2cc3cc(Br)ccc3oc2=O)nc1-c1ccc(Cl)cc1. The Balaban J connectivity index is 1.86. The fourth-order valence-electron chi connectivity index (χ4n) is 2.63. The third-order valence-corrected chi connectivity index (χ3v) is 5.59. The van der Waals surface area contributed by atoms with E-state index in [9.17, 15) is 4.79 Å². The zero-order valence-corrected chi connectivity index (χ0v) is 16.2. The fraction of sp³-hybridized carbons (Fsp3) is 0.0526. The standard InChI is InChI=1S/C19H11BrClNO2S/c1-10-17(11-2-5-14(21)6-3-11)22-18(25-10)15-9-12-8-13(20)4-7-16(12)24-19(15)23/h2-9H,1H3. The summed E-state index contributed by atoms with van der Waals surface area (Å²) >= 11 is 10.9. The lowest BCUT2D eigenvalue weighted by Crippen LogP contribution is -2.02. The topological polar surface area (TPSA) is 43.1 Å². The predicted molar refractivity (Wildman–Crippen MR) is 106 cm³/mol. The van der Waals surface area contributed by atoms with Gasteiger partial charge in [-0.2, -0.15) is 0 Å². The number of hydrogen-bond acceptors (Lipinski definition) is 4. The lowest BCUT2D eigenvalue weighted by molar-refractivity contribution is 0.563. The highest BCUT2D eigenvalue weighted by Gasteiger charge is 2.15. The molecule has 0 bridgehead atoms. The Morgan fingerprint density at radius 2 is 1.88 bits per heavy atom. The van der Waals surface area contributed by atoms with Crippen molar-refractivity contribution in [1.29, 1.82) is 0 Å². The van der Waals surface area contributed by atoms with Crippen LogP contribution in [-0.4, -0.2) is 4.98 Å². The summed E-state index contributed by atoms with van der Waals surface area (Å²) in [5, 5.41) is 2.18. The first-order chi connectivity index (χ1) is 12.0. The Hall–Kier alpha value is -1.95. The Kier molecular flexibility index (Phi) is 4.23. The molecule has 25 heavy (non-hydrogen) atoms. The molecule has 6 heteroatoms. The van der Waals surface area contributed by atoms with Crippen LogP contribution in [0.3, 0.4) is 0 Å². The van der Waals surface area contributed by atoms with Gasteiger partial charge in [0.25, 0.3) is 0 Å². The van der Waals surface area contributed by atoms with Crippen molar-refractivity contribution in [2.24, 2.45) is 0 Å². The molecule has 0 aliphatic carbocycles. The quantitative estimate of drug-likeness (QED) is 0.349. The average Bonchev–Trinajstić information content (AvgIpc) is 2.97. The van der Waals surface area contributed by atoms with Gasteiger partial charge < -0.3 is 4.42 Å². The van der Waals surface area contributed by atoms with Gasteiger partial charge in [-0.3, -0.25) is 0 Å². The second-order valence-electron chi connectivity index (χ2n) is 5.56. The number of aromatic nitrogens is 1. The summed E-state index contributed by atoms with van der Waals surface area (Å²) in [6.45, 7) is 1.99. The largest absolute Gasteiger partial charge is 0.422 e. The van der Waals surface area contributed by atoms with Gasteiger partial charge in [0, 0.05) is 25.3 Å². The Labute approximate surface area is 161 Å². The highest BCUT2D eigenvalue weighted by molar-refractivity contribution is 9.10. The summed E-state index contributed by atoms with van der Waals surface area (Å²) in [5.74, 6) is 0. The van der Waals surface area contributed by atoms with Crippen molar-refractivity contribution in [3.05, 3.63) is 73.3 Å². The Morgan fingerprint density at radius 1 is 1.12 bits per heavy atom. The van der Waals surface area contributed by atoms with Crippen LogP contribution < -0.4 is 5.63 Å². The summed E-state index contributed by atoms with van der Waals surface area (Å²) in [5.41, 5.74) is 2.47. The van der Waals surface area contributed by atoms with Crippen LogP contribution >= 0.6 is 38.9 Å². The van der Waals surface area contributed by atoms with Crippen molar-refractivity contribution in [3.8, 4) is 21.8 Å². The molecule has 0 radical (unpaired) electrons. The van der Waals surface area contributed by atoms with Crippen LogP contribution in [0.5, 0.6) is 0 Å². The molecular formula is C19H11BrClNO2S. The first-order valence-corrected chi connectivity index (χ1v) is 9.47. The molecule has 2 aromatic heterocycles. The van der Waals surface area contributed by atoms with Crippen molar-refractivity contribution in [2.45, 2.75) is 6.92 Å². The van der Waals surface area contributed by atoms with Crippen LogP contribution in [-0.2, 0) is 0 Å². The molecule has 0 spiro atoms. The lowest BCUT2D eigenvalue weighted by Gasteiger charge is -2.00. The number of halogens is 2. The predicted octanol–water partition coefficient (Wildman–Crippen LogP) is 6.31. The molecule has 0 atom stereocenters. The molecule has 0 amide bonds. The summed E-state index contributed by atoms with van der Waals surface area (Å²) in [6.07, 6.45) is 0. The average molecular weight is 433 g/mol. The highest BCUT2D eigenvalue weighted by Crippen LogP contribution is 2.33. The zero-order valence-electron chi connectivity index (χ0n) is 13.0. The van der Waals surface area contributed by atoms with E-state index in [0.29, 0.717) is 21.2 Å². The van der Waals surface area contributed by atoms with Gasteiger partial charge >= 0.3 is 5.63 Å². The van der Waals surface area contributed by atoms with E-state index >= 15 is 0 Å². The minimum Gasteiger partial charge on any atom is -0.422 e. The molecule has 2 aromatic carbocycles. The van der Waals surface area contributed by atoms with Crippen LogP contribution in [0, 0.1) is 6.92 Å². The van der Waals surface area contributed by atoms with Gasteiger partial charge in [0.15, 0.2) is 0 Å². The van der Waals surface area contributed by atoms with Crippen molar-refractivity contribution in [2.75, 3.05) is 0 Å². The normalized spacial score (nSPS) is 11.2. The highest BCUT2D eigenvalue weighted by atomic mass is 79.9. The molecule has 3 nitrogen and oxygen atoms in total. The van der Waals surface area contributed by atoms with Gasteiger partial charge in [0.1, 0.15) is 10.6 Å². The number of nitrogens with zero attached hydrogens (tertiary/aromatic N) is 1. The van der Waals surface area contributed by atoms with Gasteiger partial charge in [0.05, 0.1) is 11.3 Å². The van der Waals surface area contributed by atoms with E-state index in [2.05, 4.69) is 20.9 Å². The summed E-state index contributed by atoms with van der Waals surface area (Å²) in [6, 6.07) is 14.9. The van der Waals surface area contributed by atoms with Crippen LogP contribution in [0.25, 0.3) is 32.8 Å². The smallest absolute Gasteiger partial charge is 0.346 e. The van der Waals surface area contributed by atoms with E-state index in [1.807, 2.05) is 49.4 Å². The summed E-state index contributed by atoms with van der Waals surface area (Å²) in [7, 11) is 0. The van der Waals surface area contributed by atoms with Crippen LogP contribution in [0.2, 0.25) is 5.02 Å². The molecule has 0 saturated carbocycles. The molecule has 0 aliphatic rings. The Bertz CT molecular complexity index is 1150. The van der Waals surface area contributed by atoms with Crippen molar-refractivity contribution in [3.63, 3.8) is 0 Å². The number of benzene rings is 2. The van der Waals surface area contributed by atoms with Crippen molar-refractivity contribution in [1.82, 2.24) is 4.98 Å². The van der Waals surface area contributed by atoms with Gasteiger partial charge in [-0.1, -0.05) is 39.7 Å². The molecule has 0 aliphatic heterocycles. The van der Waals surface area contributed by atoms with E-state index in [1.165, 1.54) is 11.3 Å². The van der Waals surface area contributed by atoms with Gasteiger partial charge in [-0.05, 0) is 43.3 Å². The van der Waals surface area contributed by atoms with E-state index in [0.717, 1.165) is 26.0 Å². The van der Waals surface area contributed by atoms with Gasteiger partial charge in [-0.15, -0.1) is 11.3 Å². The minimum atomic E-state index is -0.383. The summed E-state index contributed by atoms with van der Waals surface area (Å²) in [4.78, 5) is 18.1. The fourth-order valence-corrected chi connectivity index (χ4v) is 4.07. The zero-order chi connectivity index (χ0) is 17.6. The van der Waals surface area contributed by atoms with E-state index in [1.54, 1.807) is 6.07 Å². The maximum absolute atomic E-state index is 12.4. The molecule has 0 N–H and O–H groups in total. The number of aryl methyl sites for hydroxylation is 1. The van der Waals surface area contributed by atoms with E-state index in [4.69, 9.17) is 16.0 Å². The van der Waals surface area contributed by atoms with E-state index in [-0.39, 0.29) is 5.63 Å².